The molecule has 11 heteroatoms. The second kappa shape index (κ2) is 15.1. The Kier molecular flexibility index (Phi) is 11.9. The minimum absolute atomic E-state index is 0.0565. The number of piperidine rings is 1. The van der Waals surface area contributed by atoms with Crippen molar-refractivity contribution in [1.29, 1.82) is 0 Å². The molecule has 3 amide bonds. The molecule has 4 N–H and O–H groups in total. The maximum absolute atomic E-state index is 13.9. The molecule has 0 aliphatic carbocycles. The third kappa shape index (κ3) is 8.77. The van der Waals surface area contributed by atoms with E-state index in [9.17, 15) is 24.3 Å². The van der Waals surface area contributed by atoms with Crippen molar-refractivity contribution in [3.8, 4) is 0 Å². The molecule has 0 saturated carbocycles. The maximum Gasteiger partial charge on any atom is 0.304 e. The van der Waals surface area contributed by atoms with Gasteiger partial charge in [-0.15, -0.1) is 0 Å². The van der Waals surface area contributed by atoms with E-state index in [4.69, 9.17) is 22.1 Å². The molecular weight excluding hydrogens is 560 g/mol. The third-order valence-corrected chi connectivity index (χ3v) is 8.06. The topological polar surface area (TPSA) is 142 Å². The van der Waals surface area contributed by atoms with E-state index in [0.29, 0.717) is 37.3 Å². The zero-order chi connectivity index (χ0) is 30.9. The van der Waals surface area contributed by atoms with E-state index in [1.165, 1.54) is 14.0 Å². The first-order chi connectivity index (χ1) is 20.0. The number of methoxy groups -OCH3 is 1. The molecule has 0 radical (unpaired) electrons. The van der Waals surface area contributed by atoms with Crippen molar-refractivity contribution in [1.82, 2.24) is 15.1 Å². The molecule has 2 aromatic carbocycles. The lowest BCUT2D eigenvalue weighted by Gasteiger charge is -2.49. The number of carboxylic acids is 1. The van der Waals surface area contributed by atoms with Gasteiger partial charge in [0, 0.05) is 32.3 Å². The highest BCUT2D eigenvalue weighted by atomic mass is 35.5. The van der Waals surface area contributed by atoms with E-state index in [1.54, 1.807) is 29.0 Å². The molecule has 1 heterocycles. The summed E-state index contributed by atoms with van der Waals surface area (Å²) in [6.45, 7) is 2.11. The number of halogens is 1. The molecule has 1 aliphatic heterocycles. The summed E-state index contributed by atoms with van der Waals surface area (Å²) in [5, 5.41) is 12.9. The summed E-state index contributed by atoms with van der Waals surface area (Å²) in [5.41, 5.74) is 6.69. The minimum atomic E-state index is -1.05. The van der Waals surface area contributed by atoms with Gasteiger partial charge in [0.1, 0.15) is 6.04 Å². The Hall–Kier alpha value is -3.47. The SMILES string of the molecule is COC[C@H](NC(=O)[C@H](C)N)C(=O)N(C)[C@@]1(Cc2ccc(Cl)cc2)CCCN(C(=O)[C@@H](CC(=O)O)Cc2ccccc2)C1. The lowest BCUT2D eigenvalue weighted by atomic mass is 9.80. The van der Waals surface area contributed by atoms with Crippen molar-refractivity contribution in [3.05, 3.63) is 70.7 Å². The predicted molar refractivity (Wildman–Crippen MR) is 160 cm³/mol. The van der Waals surface area contributed by atoms with E-state index < -0.39 is 35.4 Å². The van der Waals surface area contributed by atoms with Gasteiger partial charge in [-0.1, -0.05) is 54.1 Å². The molecule has 0 spiro atoms. The van der Waals surface area contributed by atoms with Gasteiger partial charge in [-0.3, -0.25) is 19.2 Å². The van der Waals surface area contributed by atoms with Crippen LogP contribution < -0.4 is 11.1 Å². The van der Waals surface area contributed by atoms with Crippen molar-refractivity contribution in [2.75, 3.05) is 33.9 Å². The number of ether oxygens (including phenoxy) is 1. The largest absolute Gasteiger partial charge is 0.481 e. The summed E-state index contributed by atoms with van der Waals surface area (Å²) < 4.78 is 5.25. The van der Waals surface area contributed by atoms with Gasteiger partial charge < -0.3 is 30.7 Å². The number of nitrogens with zero attached hydrogens (tertiary/aromatic N) is 2. The highest BCUT2D eigenvalue weighted by Crippen LogP contribution is 2.33. The number of carbonyl (C=O) groups excluding carboxylic acids is 3. The van der Waals surface area contributed by atoms with Crippen molar-refractivity contribution >= 4 is 35.3 Å². The van der Waals surface area contributed by atoms with Gasteiger partial charge in [0.25, 0.3) is 0 Å². The second-order valence-electron chi connectivity index (χ2n) is 11.1. The molecule has 0 aromatic heterocycles. The number of amides is 3. The van der Waals surface area contributed by atoms with Crippen LogP contribution in [0.5, 0.6) is 0 Å². The molecule has 1 aliphatic rings. The van der Waals surface area contributed by atoms with Gasteiger partial charge >= 0.3 is 5.97 Å². The number of carbonyl (C=O) groups is 4. The third-order valence-electron chi connectivity index (χ3n) is 7.81. The second-order valence-corrected chi connectivity index (χ2v) is 11.5. The first-order valence-corrected chi connectivity index (χ1v) is 14.4. The number of rotatable bonds is 13. The summed E-state index contributed by atoms with van der Waals surface area (Å²) in [7, 11) is 3.11. The monoisotopic (exact) mass is 600 g/mol. The van der Waals surface area contributed by atoms with Crippen LogP contribution in [0.15, 0.2) is 54.6 Å². The molecule has 10 nitrogen and oxygen atoms in total. The number of benzene rings is 2. The number of hydrogen-bond donors (Lipinski definition) is 3. The van der Waals surface area contributed by atoms with Crippen molar-refractivity contribution in [2.45, 2.75) is 56.7 Å². The van der Waals surface area contributed by atoms with E-state index >= 15 is 0 Å². The van der Waals surface area contributed by atoms with E-state index in [1.807, 2.05) is 42.5 Å². The fourth-order valence-corrected chi connectivity index (χ4v) is 5.67. The molecule has 1 saturated heterocycles. The van der Waals surface area contributed by atoms with Crippen LogP contribution in [-0.4, -0.2) is 90.1 Å². The number of likely N-dealkylation sites (N-methyl/N-ethyl adjacent to an activating group) is 1. The lowest BCUT2D eigenvalue weighted by molar-refractivity contribution is -0.151. The Bertz CT molecular complexity index is 1230. The lowest BCUT2D eigenvalue weighted by Crippen LogP contribution is -2.65. The fraction of sp³-hybridized carbons (Fsp3) is 0.484. The van der Waals surface area contributed by atoms with Gasteiger partial charge in [-0.2, -0.15) is 0 Å². The number of carboxylic acid groups (broad SMARTS) is 1. The molecular formula is C31H41ClN4O6. The van der Waals surface area contributed by atoms with Gasteiger partial charge in [-0.25, -0.2) is 0 Å². The Balaban J connectivity index is 1.95. The van der Waals surface area contributed by atoms with Crippen LogP contribution in [-0.2, 0) is 36.8 Å². The van der Waals surface area contributed by atoms with Crippen molar-refractivity contribution < 1.29 is 29.0 Å². The summed E-state index contributed by atoms with van der Waals surface area (Å²) in [5.74, 6) is -2.93. The quantitative estimate of drug-likeness (QED) is 0.321. The highest BCUT2D eigenvalue weighted by molar-refractivity contribution is 6.30. The average Bonchev–Trinajstić information content (AvgIpc) is 2.97. The van der Waals surface area contributed by atoms with Crippen LogP contribution in [0.25, 0.3) is 0 Å². The van der Waals surface area contributed by atoms with Crippen LogP contribution in [0.4, 0.5) is 0 Å². The van der Waals surface area contributed by atoms with Gasteiger partial charge in [0.05, 0.1) is 30.5 Å². The van der Waals surface area contributed by atoms with Crippen LogP contribution >= 0.6 is 11.6 Å². The van der Waals surface area contributed by atoms with Gasteiger partial charge in [0.15, 0.2) is 0 Å². The van der Waals surface area contributed by atoms with Gasteiger partial charge in [-0.05, 0) is 55.9 Å². The Morgan fingerprint density at radius 3 is 2.38 bits per heavy atom. The number of nitrogens with one attached hydrogen (secondary N) is 1. The normalized spacial score (nSPS) is 18.9. The van der Waals surface area contributed by atoms with Crippen molar-refractivity contribution in [3.63, 3.8) is 0 Å². The summed E-state index contributed by atoms with van der Waals surface area (Å²) in [6, 6.07) is 14.9. The number of aliphatic carboxylic acids is 1. The molecule has 0 bridgehead atoms. The van der Waals surface area contributed by atoms with Crippen molar-refractivity contribution in [2.24, 2.45) is 11.7 Å². The van der Waals surface area contributed by atoms with E-state index in [0.717, 1.165) is 11.1 Å². The van der Waals surface area contributed by atoms with E-state index in [-0.39, 0.29) is 31.4 Å². The van der Waals surface area contributed by atoms with Gasteiger partial charge in [0.2, 0.25) is 17.7 Å². The first kappa shape index (κ1) is 33.0. The Morgan fingerprint density at radius 2 is 1.79 bits per heavy atom. The Labute approximate surface area is 252 Å². The summed E-state index contributed by atoms with van der Waals surface area (Å²) in [6.07, 6.45) is 1.59. The zero-order valence-electron chi connectivity index (χ0n) is 24.4. The van der Waals surface area contributed by atoms with Crippen LogP contribution in [0.2, 0.25) is 5.02 Å². The minimum Gasteiger partial charge on any atom is -0.481 e. The smallest absolute Gasteiger partial charge is 0.304 e. The average molecular weight is 601 g/mol. The fourth-order valence-electron chi connectivity index (χ4n) is 5.55. The van der Waals surface area contributed by atoms with Crippen LogP contribution in [0, 0.1) is 5.92 Å². The number of likely N-dealkylation sites (tertiary alicyclic amines) is 1. The van der Waals surface area contributed by atoms with Crippen LogP contribution in [0.1, 0.15) is 37.3 Å². The molecule has 4 atom stereocenters. The summed E-state index contributed by atoms with van der Waals surface area (Å²) >= 11 is 6.13. The molecule has 0 unspecified atom stereocenters. The standard InChI is InChI=1S/C31H41ClN4O6/c1-21(33)28(39)34-26(19-42-3)30(41)35(2)31(18-23-10-12-25(32)13-11-23)14-7-15-36(20-31)29(40)24(17-27(37)38)16-22-8-5-4-6-9-22/h4-6,8-13,21,24,26H,7,14-20,33H2,1-3H3,(H,34,39)(H,37,38)/t21-,24+,26-,31+/m0/s1. The molecule has 228 valence electrons. The number of nitrogens with two attached hydrogens (primary N) is 1. The summed E-state index contributed by atoms with van der Waals surface area (Å²) in [4.78, 5) is 55.3. The number of hydrogen-bond acceptors (Lipinski definition) is 6. The zero-order valence-corrected chi connectivity index (χ0v) is 25.2. The molecule has 3 rings (SSSR count). The van der Waals surface area contributed by atoms with E-state index in [2.05, 4.69) is 5.32 Å². The molecule has 42 heavy (non-hydrogen) atoms. The highest BCUT2D eigenvalue weighted by Gasteiger charge is 2.45. The molecule has 1 fully saturated rings. The Morgan fingerprint density at radius 1 is 1.12 bits per heavy atom. The predicted octanol–water partition coefficient (Wildman–Crippen LogP) is 2.51. The molecule has 2 aromatic rings. The van der Waals surface area contributed by atoms with Crippen LogP contribution in [0.3, 0.4) is 0 Å². The maximum atomic E-state index is 13.9. The first-order valence-electron chi connectivity index (χ1n) is 14.1.